The number of non-ortho nitro benzene ring substituents is 1. The third kappa shape index (κ3) is 1.36. The molecule has 1 N–H and O–H groups in total. The predicted octanol–water partition coefficient (Wildman–Crippen LogP) is 2.89. The molecule has 1 heterocycles. The zero-order chi connectivity index (χ0) is 10.3. The summed E-state index contributed by atoms with van der Waals surface area (Å²) in [6.07, 6.45) is 0. The molecule has 2 rings (SSSR count). The van der Waals surface area contributed by atoms with E-state index in [1.165, 1.54) is 6.07 Å². The molecule has 14 heavy (non-hydrogen) atoms. The number of nitrogens with one attached hydrogen (secondary N) is 1. The third-order valence-corrected chi connectivity index (χ3v) is 2.48. The van der Waals surface area contributed by atoms with E-state index < -0.39 is 4.92 Å². The van der Waals surface area contributed by atoms with Gasteiger partial charge in [0.05, 0.1) is 4.92 Å². The minimum Gasteiger partial charge on any atom is -0.266 e. The monoisotopic (exact) mass is 275 g/mol. The number of nitrogens with zero attached hydrogens (tertiary/aromatic N) is 2. The number of rotatable bonds is 1. The Kier molecular flexibility index (Phi) is 2.16. The highest BCUT2D eigenvalue weighted by Gasteiger charge is 2.18. The first-order chi connectivity index (χ1) is 6.59. The first kappa shape index (κ1) is 9.42. The number of aromatic amines is 1. The number of nitro groups is 1. The van der Waals surface area contributed by atoms with Crippen molar-refractivity contribution in [1.82, 2.24) is 10.2 Å². The Bertz CT molecular complexity index is 525. The van der Waals surface area contributed by atoms with Crippen LogP contribution in [0.3, 0.4) is 0 Å². The van der Waals surface area contributed by atoms with Crippen molar-refractivity contribution in [3.8, 4) is 0 Å². The fraction of sp³-hybridized carbons (Fsp3) is 0. The molecule has 7 heteroatoms. The molecule has 0 aliphatic heterocycles. The second-order valence-corrected chi connectivity index (χ2v) is 3.91. The molecular weight excluding hydrogens is 273 g/mol. The molecule has 0 atom stereocenters. The maximum Gasteiger partial charge on any atom is 0.283 e. The van der Waals surface area contributed by atoms with Gasteiger partial charge in [-0.15, -0.1) is 0 Å². The number of hydrogen-bond acceptors (Lipinski definition) is 3. The van der Waals surface area contributed by atoms with E-state index in [4.69, 9.17) is 11.6 Å². The van der Waals surface area contributed by atoms with Gasteiger partial charge >= 0.3 is 0 Å². The minimum absolute atomic E-state index is 0.0619. The first-order valence-corrected chi connectivity index (χ1v) is 4.74. The number of aromatic nitrogens is 2. The van der Waals surface area contributed by atoms with Crippen LogP contribution in [0.4, 0.5) is 5.69 Å². The number of benzene rings is 1. The van der Waals surface area contributed by atoms with Crippen molar-refractivity contribution in [2.45, 2.75) is 0 Å². The Morgan fingerprint density at radius 3 is 2.93 bits per heavy atom. The van der Waals surface area contributed by atoms with Crippen molar-refractivity contribution in [3.63, 3.8) is 0 Å². The van der Waals surface area contributed by atoms with Crippen molar-refractivity contribution < 1.29 is 4.92 Å². The van der Waals surface area contributed by atoms with Gasteiger partial charge in [0, 0.05) is 10.5 Å². The predicted molar refractivity (Wildman–Crippen MR) is 55.5 cm³/mol. The number of fused-ring (bicyclic) bond motifs is 1. The van der Waals surface area contributed by atoms with Crippen molar-refractivity contribution in [2.75, 3.05) is 0 Å². The largest absolute Gasteiger partial charge is 0.283 e. The van der Waals surface area contributed by atoms with Crippen molar-refractivity contribution >= 4 is 44.1 Å². The molecule has 0 unspecified atom stereocenters. The Morgan fingerprint density at radius 1 is 1.57 bits per heavy atom. The summed E-state index contributed by atoms with van der Waals surface area (Å²) in [5.74, 6) is 0. The fourth-order valence-electron chi connectivity index (χ4n) is 1.20. The summed E-state index contributed by atoms with van der Waals surface area (Å²) in [4.78, 5) is 10.2. The summed E-state index contributed by atoms with van der Waals surface area (Å²) >= 11 is 8.90. The van der Waals surface area contributed by atoms with Crippen molar-refractivity contribution in [3.05, 3.63) is 31.9 Å². The first-order valence-electron chi connectivity index (χ1n) is 3.57. The lowest BCUT2D eigenvalue weighted by molar-refractivity contribution is -0.383. The van der Waals surface area contributed by atoms with Crippen LogP contribution in [0, 0.1) is 10.1 Å². The molecule has 0 spiro atoms. The Balaban J connectivity index is 2.90. The Labute approximate surface area is 91.3 Å². The lowest BCUT2D eigenvalue weighted by atomic mass is 10.2. The average Bonchev–Trinajstić information content (AvgIpc) is 2.46. The molecule has 0 bridgehead atoms. The van der Waals surface area contributed by atoms with E-state index in [9.17, 15) is 10.1 Å². The molecule has 0 radical (unpaired) electrons. The lowest BCUT2D eigenvalue weighted by Crippen LogP contribution is -1.88. The molecule has 0 amide bonds. The van der Waals surface area contributed by atoms with Gasteiger partial charge in [-0.05, 0) is 6.07 Å². The van der Waals surface area contributed by atoms with E-state index in [0.717, 1.165) is 0 Å². The molecule has 0 aliphatic rings. The molecule has 0 saturated heterocycles. The molecule has 72 valence electrons. The molecular formula is C7H3BrClN3O2. The van der Waals surface area contributed by atoms with Crippen LogP contribution in [-0.2, 0) is 0 Å². The van der Waals surface area contributed by atoms with Crippen molar-refractivity contribution in [1.29, 1.82) is 0 Å². The van der Waals surface area contributed by atoms with Crippen LogP contribution in [0.2, 0.25) is 5.15 Å². The number of nitro benzene ring substituents is 1. The van der Waals surface area contributed by atoms with Crippen LogP contribution in [0.15, 0.2) is 16.6 Å². The molecule has 5 nitrogen and oxygen atoms in total. The van der Waals surface area contributed by atoms with E-state index in [2.05, 4.69) is 26.1 Å². The number of hydrogen-bond donors (Lipinski definition) is 1. The smallest absolute Gasteiger partial charge is 0.266 e. The molecule has 0 aliphatic carbocycles. The topological polar surface area (TPSA) is 71.8 Å². The number of H-pyrrole nitrogens is 1. The summed E-state index contributed by atoms with van der Waals surface area (Å²) in [6.45, 7) is 0. The highest BCUT2D eigenvalue weighted by molar-refractivity contribution is 9.10. The third-order valence-electron chi connectivity index (χ3n) is 1.75. The van der Waals surface area contributed by atoms with Gasteiger partial charge in [0.25, 0.3) is 5.69 Å². The zero-order valence-corrected chi connectivity index (χ0v) is 8.96. The van der Waals surface area contributed by atoms with E-state index in [1.54, 1.807) is 6.07 Å². The van der Waals surface area contributed by atoms with Crippen LogP contribution in [0.1, 0.15) is 0 Å². The zero-order valence-electron chi connectivity index (χ0n) is 6.62. The SMILES string of the molecule is O=[N+]([O-])c1cc(Br)cc2n[nH]c(Cl)c12. The summed E-state index contributed by atoms with van der Waals surface area (Å²) in [5.41, 5.74) is 0.407. The van der Waals surface area contributed by atoms with Gasteiger partial charge in [-0.1, -0.05) is 27.5 Å². The van der Waals surface area contributed by atoms with Crippen LogP contribution in [-0.4, -0.2) is 15.1 Å². The van der Waals surface area contributed by atoms with E-state index in [0.29, 0.717) is 15.4 Å². The van der Waals surface area contributed by atoms with Gasteiger partial charge in [-0.2, -0.15) is 5.10 Å². The van der Waals surface area contributed by atoms with Crippen molar-refractivity contribution in [2.24, 2.45) is 0 Å². The summed E-state index contributed by atoms with van der Waals surface area (Å²) in [5, 5.41) is 17.5. The van der Waals surface area contributed by atoms with Gasteiger partial charge < -0.3 is 0 Å². The Morgan fingerprint density at radius 2 is 2.29 bits per heavy atom. The molecule has 1 aromatic carbocycles. The number of halogens is 2. The maximum absolute atomic E-state index is 10.7. The second kappa shape index (κ2) is 3.21. The van der Waals surface area contributed by atoms with E-state index in [-0.39, 0.29) is 10.8 Å². The minimum atomic E-state index is -0.492. The van der Waals surface area contributed by atoms with Gasteiger partial charge in [-0.3, -0.25) is 15.2 Å². The van der Waals surface area contributed by atoms with E-state index >= 15 is 0 Å². The molecule has 2 aromatic rings. The standard InChI is InChI=1S/C7H3BrClN3O2/c8-3-1-4-6(7(9)11-10-4)5(2-3)12(13)14/h1-2H,(H,10,11). The van der Waals surface area contributed by atoms with Crippen LogP contribution in [0.25, 0.3) is 10.9 Å². The van der Waals surface area contributed by atoms with Crippen LogP contribution >= 0.6 is 27.5 Å². The van der Waals surface area contributed by atoms with Crippen LogP contribution in [0.5, 0.6) is 0 Å². The van der Waals surface area contributed by atoms with Gasteiger partial charge in [0.15, 0.2) is 0 Å². The van der Waals surface area contributed by atoms with E-state index in [1.807, 2.05) is 0 Å². The second-order valence-electron chi connectivity index (χ2n) is 2.61. The summed E-state index contributed by atoms with van der Waals surface area (Å²) in [7, 11) is 0. The summed E-state index contributed by atoms with van der Waals surface area (Å²) in [6, 6.07) is 3.05. The molecule has 0 fully saturated rings. The highest BCUT2D eigenvalue weighted by atomic mass is 79.9. The fourth-order valence-corrected chi connectivity index (χ4v) is 1.87. The van der Waals surface area contributed by atoms with Gasteiger partial charge in [0.2, 0.25) is 0 Å². The molecule has 0 saturated carbocycles. The normalized spacial score (nSPS) is 10.7. The molecule has 1 aromatic heterocycles. The average molecular weight is 276 g/mol. The highest BCUT2D eigenvalue weighted by Crippen LogP contribution is 2.32. The maximum atomic E-state index is 10.7. The quantitative estimate of drug-likeness (QED) is 0.643. The Hall–Kier alpha value is -1.14. The van der Waals surface area contributed by atoms with Gasteiger partial charge in [-0.25, -0.2) is 0 Å². The van der Waals surface area contributed by atoms with Crippen LogP contribution < -0.4 is 0 Å². The lowest BCUT2D eigenvalue weighted by Gasteiger charge is -1.94. The summed E-state index contributed by atoms with van der Waals surface area (Å²) < 4.78 is 0.597. The van der Waals surface area contributed by atoms with Gasteiger partial charge in [0.1, 0.15) is 16.1 Å².